The highest BCUT2D eigenvalue weighted by Gasteiger charge is 2.15. The molecule has 0 aliphatic rings. The summed E-state index contributed by atoms with van der Waals surface area (Å²) >= 11 is 7.66. The molecule has 0 aromatic carbocycles. The SMILES string of the molecule is C#CC(C)c1sc(CCCCCC)cc1SC/C=C(C)/C=C/c1ccnc(-c2cc(/C=C/c3cc4sc5cc(CCCCCC)sc5c4[nH]3)ccn2)c1. The van der Waals surface area contributed by atoms with E-state index in [4.69, 9.17) is 6.42 Å². The Balaban J connectivity index is 1.06. The number of terminal acetylenes is 1. The number of thiophene rings is 3. The number of hydrogen-bond donors (Lipinski definition) is 1. The number of thioether (sulfide) groups is 1. The lowest BCUT2D eigenvalue weighted by molar-refractivity contribution is 0.670. The predicted octanol–water partition coefficient (Wildman–Crippen LogP) is 14.9. The zero-order chi connectivity index (χ0) is 37.0. The third-order valence-corrected chi connectivity index (χ3v) is 14.4. The van der Waals surface area contributed by atoms with Gasteiger partial charge in [-0.3, -0.25) is 9.97 Å². The molecule has 0 saturated heterocycles. The Morgan fingerprint density at radius 2 is 1.49 bits per heavy atom. The van der Waals surface area contributed by atoms with Gasteiger partial charge in [0, 0.05) is 48.1 Å². The van der Waals surface area contributed by atoms with Crippen molar-refractivity contribution >= 4 is 83.6 Å². The van der Waals surface area contributed by atoms with Crippen molar-refractivity contribution in [2.45, 2.75) is 103 Å². The summed E-state index contributed by atoms with van der Waals surface area (Å²) in [5, 5.41) is 0. The molecular formula is C46H51N3S4. The summed E-state index contributed by atoms with van der Waals surface area (Å²) in [5.41, 5.74) is 7.55. The van der Waals surface area contributed by atoms with Gasteiger partial charge in [0.15, 0.2) is 0 Å². The summed E-state index contributed by atoms with van der Waals surface area (Å²) in [6.45, 7) is 8.84. The molecule has 1 atom stereocenters. The quantitative estimate of drug-likeness (QED) is 0.0386. The third kappa shape index (κ3) is 10.7. The van der Waals surface area contributed by atoms with Crippen molar-refractivity contribution in [3.8, 4) is 23.7 Å². The van der Waals surface area contributed by atoms with Crippen LogP contribution in [0.4, 0.5) is 0 Å². The van der Waals surface area contributed by atoms with Crippen molar-refractivity contribution < 1.29 is 0 Å². The molecule has 6 aromatic heterocycles. The van der Waals surface area contributed by atoms with Crippen LogP contribution in [-0.4, -0.2) is 20.7 Å². The minimum absolute atomic E-state index is 0.150. The number of allylic oxidation sites excluding steroid dienone is 2. The molecular weight excluding hydrogens is 723 g/mol. The van der Waals surface area contributed by atoms with Crippen LogP contribution in [0.5, 0.6) is 0 Å². The largest absolute Gasteiger partial charge is 0.353 e. The van der Waals surface area contributed by atoms with E-state index in [-0.39, 0.29) is 5.92 Å². The molecule has 3 nitrogen and oxygen atoms in total. The van der Waals surface area contributed by atoms with Gasteiger partial charge in [0.2, 0.25) is 0 Å². The second-order valence-electron chi connectivity index (χ2n) is 13.8. The summed E-state index contributed by atoms with van der Waals surface area (Å²) in [4.78, 5) is 18.7. The Hall–Kier alpha value is -3.67. The maximum absolute atomic E-state index is 5.84. The number of pyridine rings is 2. The number of hydrogen-bond acceptors (Lipinski definition) is 6. The number of H-pyrrole nitrogens is 1. The zero-order valence-electron chi connectivity index (χ0n) is 31.5. The van der Waals surface area contributed by atoms with Gasteiger partial charge in [-0.05, 0) is 99.2 Å². The van der Waals surface area contributed by atoms with E-state index in [2.05, 4.69) is 109 Å². The van der Waals surface area contributed by atoms with Gasteiger partial charge < -0.3 is 4.98 Å². The van der Waals surface area contributed by atoms with Crippen molar-refractivity contribution in [1.29, 1.82) is 0 Å². The Morgan fingerprint density at radius 3 is 2.17 bits per heavy atom. The van der Waals surface area contributed by atoms with Gasteiger partial charge >= 0.3 is 0 Å². The number of aryl methyl sites for hydroxylation is 2. The van der Waals surface area contributed by atoms with Crippen LogP contribution in [0.15, 0.2) is 77.5 Å². The topological polar surface area (TPSA) is 41.6 Å². The molecule has 6 heterocycles. The second kappa shape index (κ2) is 19.6. The highest BCUT2D eigenvalue weighted by Crippen LogP contribution is 2.40. The first-order valence-electron chi connectivity index (χ1n) is 19.1. The predicted molar refractivity (Wildman–Crippen MR) is 239 cm³/mol. The lowest BCUT2D eigenvalue weighted by atomic mass is 10.1. The first-order valence-corrected chi connectivity index (χ1v) is 22.6. The van der Waals surface area contributed by atoms with Crippen molar-refractivity contribution in [1.82, 2.24) is 15.0 Å². The number of aromatic amines is 1. The lowest BCUT2D eigenvalue weighted by Crippen LogP contribution is -1.89. The van der Waals surface area contributed by atoms with Gasteiger partial charge in [0.1, 0.15) is 0 Å². The van der Waals surface area contributed by atoms with Gasteiger partial charge in [-0.2, -0.15) is 0 Å². The van der Waals surface area contributed by atoms with Crippen LogP contribution in [0.1, 0.15) is 116 Å². The Labute approximate surface area is 332 Å². The summed E-state index contributed by atoms with van der Waals surface area (Å²) in [5.74, 6) is 4.02. The molecule has 6 rings (SSSR count). The van der Waals surface area contributed by atoms with E-state index in [1.807, 2.05) is 70.3 Å². The minimum atomic E-state index is 0.150. The lowest BCUT2D eigenvalue weighted by Gasteiger charge is -2.05. The standard InChI is InChI=1S/C46H51N3S4/c1-6-9-11-13-15-37-30-42(45(51-37)33(5)8-3)50-26-23-32(4)17-18-34-21-24-47-39(27-34)40-28-35(22-25-48-40)19-20-36-29-41-44(49-36)46-43(53-41)31-38(52-46)16-14-12-10-7-2/h3,17-25,27-31,33,49H,6-7,9-16,26H2,1-2,4-5H3/b18-17+,20-19+,32-23+. The molecule has 0 radical (unpaired) electrons. The monoisotopic (exact) mass is 773 g/mol. The van der Waals surface area contributed by atoms with Crippen LogP contribution in [-0.2, 0) is 12.8 Å². The van der Waals surface area contributed by atoms with E-state index < -0.39 is 0 Å². The highest BCUT2D eigenvalue weighted by molar-refractivity contribution is 7.99. The average molecular weight is 774 g/mol. The van der Waals surface area contributed by atoms with E-state index in [1.165, 1.54) is 103 Å². The summed E-state index contributed by atoms with van der Waals surface area (Å²) in [6.07, 6.45) is 33.3. The number of unbranched alkanes of at least 4 members (excludes halogenated alkanes) is 6. The fraction of sp³-hybridized carbons (Fsp3) is 0.348. The van der Waals surface area contributed by atoms with Gasteiger partial charge in [0.05, 0.1) is 32.2 Å². The van der Waals surface area contributed by atoms with Crippen molar-refractivity contribution in [2.75, 3.05) is 5.75 Å². The molecule has 0 amide bonds. The molecule has 274 valence electrons. The Kier molecular flexibility index (Phi) is 14.4. The number of aromatic nitrogens is 3. The third-order valence-electron chi connectivity index (χ3n) is 9.44. The summed E-state index contributed by atoms with van der Waals surface area (Å²) in [7, 11) is 0. The van der Waals surface area contributed by atoms with Crippen molar-refractivity contribution in [2.24, 2.45) is 0 Å². The number of nitrogens with one attached hydrogen (secondary N) is 1. The van der Waals surface area contributed by atoms with Crippen molar-refractivity contribution in [3.05, 3.63) is 104 Å². The highest BCUT2D eigenvalue weighted by atomic mass is 32.2. The minimum Gasteiger partial charge on any atom is -0.353 e. The molecule has 7 heteroatoms. The fourth-order valence-electron chi connectivity index (χ4n) is 6.34. The summed E-state index contributed by atoms with van der Waals surface area (Å²) < 4.78 is 4.13. The molecule has 0 aliphatic carbocycles. The van der Waals surface area contributed by atoms with Crippen LogP contribution in [0.3, 0.4) is 0 Å². The van der Waals surface area contributed by atoms with Gasteiger partial charge in [-0.25, -0.2) is 0 Å². The van der Waals surface area contributed by atoms with Crippen LogP contribution in [0, 0.1) is 12.3 Å². The van der Waals surface area contributed by atoms with Crippen LogP contribution < -0.4 is 0 Å². The van der Waals surface area contributed by atoms with Crippen LogP contribution >= 0.6 is 45.8 Å². The number of fused-ring (bicyclic) bond motifs is 3. The molecule has 0 fully saturated rings. The molecule has 0 bridgehead atoms. The van der Waals surface area contributed by atoms with E-state index in [9.17, 15) is 0 Å². The van der Waals surface area contributed by atoms with Gasteiger partial charge in [-0.1, -0.05) is 88.2 Å². The Morgan fingerprint density at radius 1 is 0.811 bits per heavy atom. The van der Waals surface area contributed by atoms with Gasteiger partial charge in [-0.15, -0.1) is 52.2 Å². The van der Waals surface area contributed by atoms with Crippen LogP contribution in [0.2, 0.25) is 0 Å². The Bertz CT molecular complexity index is 2230. The van der Waals surface area contributed by atoms with Crippen LogP contribution in [0.25, 0.3) is 49.2 Å². The molecule has 0 aliphatic heterocycles. The van der Waals surface area contributed by atoms with E-state index in [0.29, 0.717) is 0 Å². The van der Waals surface area contributed by atoms with E-state index in [1.54, 1.807) is 0 Å². The fourth-order valence-corrected chi connectivity index (χ4v) is 11.5. The van der Waals surface area contributed by atoms with E-state index >= 15 is 0 Å². The normalized spacial score (nSPS) is 12.9. The maximum Gasteiger partial charge on any atom is 0.0892 e. The molecule has 6 aromatic rings. The first-order chi connectivity index (χ1) is 25.9. The smallest absolute Gasteiger partial charge is 0.0892 e. The zero-order valence-corrected chi connectivity index (χ0v) is 34.8. The first kappa shape index (κ1) is 39.0. The molecule has 1 unspecified atom stereocenters. The summed E-state index contributed by atoms with van der Waals surface area (Å²) in [6, 6.07) is 15.4. The molecule has 53 heavy (non-hydrogen) atoms. The van der Waals surface area contributed by atoms with Gasteiger partial charge in [0.25, 0.3) is 0 Å². The second-order valence-corrected chi connectivity index (χ2v) is 18.2. The number of rotatable bonds is 19. The maximum atomic E-state index is 5.84. The van der Waals surface area contributed by atoms with E-state index in [0.717, 1.165) is 40.4 Å². The molecule has 1 N–H and O–H groups in total. The average Bonchev–Trinajstić information content (AvgIpc) is 3.95. The van der Waals surface area contributed by atoms with Crippen molar-refractivity contribution in [3.63, 3.8) is 0 Å². The number of nitrogens with zero attached hydrogens (tertiary/aromatic N) is 2. The molecule has 0 saturated carbocycles. The molecule has 0 spiro atoms.